The smallest absolute Gasteiger partial charge is 0.266 e. The molecule has 2 aromatic rings. The van der Waals surface area contributed by atoms with Crippen molar-refractivity contribution in [3.8, 4) is 6.07 Å². The highest BCUT2D eigenvalue weighted by molar-refractivity contribution is 14.1. The first-order valence-corrected chi connectivity index (χ1v) is 7.47. The van der Waals surface area contributed by atoms with Crippen LogP contribution in [-0.2, 0) is 11.2 Å². The van der Waals surface area contributed by atoms with Crippen LogP contribution in [0.3, 0.4) is 0 Å². The Morgan fingerprint density at radius 1 is 1.33 bits per heavy atom. The highest BCUT2D eigenvalue weighted by Gasteiger charge is 2.10. The Hall–Kier alpha value is -2.07. The van der Waals surface area contributed by atoms with Crippen molar-refractivity contribution < 1.29 is 9.21 Å². The van der Waals surface area contributed by atoms with E-state index < -0.39 is 5.91 Å². The predicted molar refractivity (Wildman–Crippen MR) is 89.5 cm³/mol. The second-order valence-electron chi connectivity index (χ2n) is 4.32. The van der Waals surface area contributed by atoms with Crippen molar-refractivity contribution in [2.75, 3.05) is 5.32 Å². The number of anilines is 1. The van der Waals surface area contributed by atoms with Gasteiger partial charge in [0.05, 0.1) is 0 Å². The van der Waals surface area contributed by atoms with Crippen LogP contribution in [0.1, 0.15) is 18.2 Å². The molecule has 0 aliphatic rings. The molecule has 0 saturated carbocycles. The van der Waals surface area contributed by atoms with Crippen molar-refractivity contribution in [3.05, 3.63) is 57.1 Å². The first-order chi connectivity index (χ1) is 10.1. The molecule has 106 valence electrons. The molecular formula is C16H13IN2O2. The molecule has 0 radical (unpaired) electrons. The number of hydrogen-bond donors (Lipinski definition) is 1. The second-order valence-corrected chi connectivity index (χ2v) is 5.38. The normalized spacial score (nSPS) is 11.0. The van der Waals surface area contributed by atoms with Crippen LogP contribution >= 0.6 is 22.6 Å². The van der Waals surface area contributed by atoms with E-state index in [-0.39, 0.29) is 5.57 Å². The standard InChI is InChI=1S/C16H13IN2O2/c1-2-11-3-5-13(6-4-11)19-16(20)12(10-18)9-14-7-8-15(17)21-14/h3-9H,2H2,1H3,(H,19,20). The van der Waals surface area contributed by atoms with Crippen LogP contribution in [0.15, 0.2) is 46.4 Å². The molecular weight excluding hydrogens is 379 g/mol. The lowest BCUT2D eigenvalue weighted by Crippen LogP contribution is -2.13. The number of nitrogens with one attached hydrogen (secondary N) is 1. The van der Waals surface area contributed by atoms with Gasteiger partial charge in [-0.3, -0.25) is 4.79 Å². The zero-order valence-electron chi connectivity index (χ0n) is 11.4. The van der Waals surface area contributed by atoms with Gasteiger partial charge in [0.2, 0.25) is 0 Å². The largest absolute Gasteiger partial charge is 0.451 e. The average Bonchev–Trinajstić information content (AvgIpc) is 2.90. The molecule has 2 rings (SSSR count). The number of nitriles is 1. The minimum Gasteiger partial charge on any atom is -0.451 e. The molecule has 0 fully saturated rings. The number of furan rings is 1. The van der Waals surface area contributed by atoms with Crippen molar-refractivity contribution in [1.82, 2.24) is 0 Å². The number of hydrogen-bond acceptors (Lipinski definition) is 3. The van der Waals surface area contributed by atoms with E-state index in [1.165, 1.54) is 11.6 Å². The number of halogens is 1. The highest BCUT2D eigenvalue weighted by Crippen LogP contribution is 2.15. The summed E-state index contributed by atoms with van der Waals surface area (Å²) in [4.78, 5) is 12.1. The van der Waals surface area contributed by atoms with Gasteiger partial charge in [-0.25, -0.2) is 0 Å². The Morgan fingerprint density at radius 2 is 2.05 bits per heavy atom. The predicted octanol–water partition coefficient (Wildman–Crippen LogP) is 3.99. The number of aryl methyl sites for hydroxylation is 1. The Bertz CT molecular complexity index is 709. The van der Waals surface area contributed by atoms with Gasteiger partial charge in [0.1, 0.15) is 17.4 Å². The summed E-state index contributed by atoms with van der Waals surface area (Å²) in [6, 6.07) is 12.9. The summed E-state index contributed by atoms with van der Waals surface area (Å²) in [7, 11) is 0. The second kappa shape index (κ2) is 7.09. The molecule has 0 saturated heterocycles. The maximum atomic E-state index is 12.1. The van der Waals surface area contributed by atoms with Gasteiger partial charge in [0, 0.05) is 11.8 Å². The monoisotopic (exact) mass is 392 g/mol. The summed E-state index contributed by atoms with van der Waals surface area (Å²) >= 11 is 2.02. The lowest BCUT2D eigenvalue weighted by molar-refractivity contribution is -0.112. The van der Waals surface area contributed by atoms with E-state index in [9.17, 15) is 4.79 Å². The lowest BCUT2D eigenvalue weighted by Gasteiger charge is -2.04. The van der Waals surface area contributed by atoms with Gasteiger partial charge in [-0.1, -0.05) is 19.1 Å². The molecule has 0 unspecified atom stereocenters. The number of carbonyl (C=O) groups excluding carboxylic acids is 1. The fourth-order valence-electron chi connectivity index (χ4n) is 1.72. The van der Waals surface area contributed by atoms with Crippen LogP contribution in [0.25, 0.3) is 6.08 Å². The van der Waals surface area contributed by atoms with Crippen LogP contribution in [0, 0.1) is 15.1 Å². The van der Waals surface area contributed by atoms with Gasteiger partial charge in [-0.2, -0.15) is 5.26 Å². The number of benzene rings is 1. The third-order valence-corrected chi connectivity index (χ3v) is 3.45. The third-order valence-electron chi connectivity index (χ3n) is 2.87. The maximum absolute atomic E-state index is 12.1. The minimum absolute atomic E-state index is 0.000294. The molecule has 1 N–H and O–H groups in total. The molecule has 1 aromatic carbocycles. The Morgan fingerprint density at radius 3 is 2.57 bits per heavy atom. The molecule has 1 amide bonds. The van der Waals surface area contributed by atoms with Crippen molar-refractivity contribution in [1.29, 1.82) is 5.26 Å². The van der Waals surface area contributed by atoms with Crippen LogP contribution < -0.4 is 5.32 Å². The molecule has 1 heterocycles. The van der Waals surface area contributed by atoms with Gasteiger partial charge in [-0.05, 0) is 58.8 Å². The van der Waals surface area contributed by atoms with Crippen LogP contribution in [-0.4, -0.2) is 5.91 Å². The van der Waals surface area contributed by atoms with Crippen molar-refractivity contribution in [3.63, 3.8) is 0 Å². The zero-order valence-corrected chi connectivity index (χ0v) is 13.5. The molecule has 0 aliphatic carbocycles. The first kappa shape index (κ1) is 15.3. The molecule has 0 aliphatic heterocycles. The summed E-state index contributed by atoms with van der Waals surface area (Å²) in [5, 5.41) is 11.8. The summed E-state index contributed by atoms with van der Waals surface area (Å²) < 4.78 is 6.03. The molecule has 21 heavy (non-hydrogen) atoms. The Balaban J connectivity index is 2.13. The number of rotatable bonds is 4. The lowest BCUT2D eigenvalue weighted by atomic mass is 10.1. The van der Waals surface area contributed by atoms with Crippen LogP contribution in [0.5, 0.6) is 0 Å². The van der Waals surface area contributed by atoms with E-state index in [1.54, 1.807) is 12.1 Å². The zero-order chi connectivity index (χ0) is 15.2. The average molecular weight is 392 g/mol. The number of nitrogens with zero attached hydrogens (tertiary/aromatic N) is 1. The van der Waals surface area contributed by atoms with E-state index in [4.69, 9.17) is 9.68 Å². The minimum atomic E-state index is -0.451. The molecule has 0 bridgehead atoms. The highest BCUT2D eigenvalue weighted by atomic mass is 127. The molecule has 5 heteroatoms. The SMILES string of the molecule is CCc1ccc(NC(=O)C(C#N)=Cc2ccc(I)o2)cc1. The summed E-state index contributed by atoms with van der Waals surface area (Å²) in [6.07, 6.45) is 2.37. The van der Waals surface area contributed by atoms with Gasteiger partial charge < -0.3 is 9.73 Å². The van der Waals surface area contributed by atoms with E-state index in [0.717, 1.165) is 6.42 Å². The fraction of sp³-hybridized carbons (Fsp3) is 0.125. The van der Waals surface area contributed by atoms with Crippen molar-refractivity contribution >= 4 is 40.3 Å². The van der Waals surface area contributed by atoms with Crippen molar-refractivity contribution in [2.45, 2.75) is 13.3 Å². The molecule has 1 aromatic heterocycles. The third kappa shape index (κ3) is 4.20. The Labute approximate surface area is 136 Å². The van der Waals surface area contributed by atoms with Gasteiger partial charge in [-0.15, -0.1) is 0 Å². The van der Waals surface area contributed by atoms with E-state index in [1.807, 2.05) is 52.9 Å². The van der Waals surface area contributed by atoms with Crippen molar-refractivity contribution in [2.24, 2.45) is 0 Å². The summed E-state index contributed by atoms with van der Waals surface area (Å²) in [5.41, 5.74) is 1.85. The summed E-state index contributed by atoms with van der Waals surface area (Å²) in [6.45, 7) is 2.06. The molecule has 0 atom stereocenters. The first-order valence-electron chi connectivity index (χ1n) is 6.40. The fourth-order valence-corrected chi connectivity index (χ4v) is 2.15. The van der Waals surface area contributed by atoms with E-state index in [0.29, 0.717) is 15.2 Å². The maximum Gasteiger partial charge on any atom is 0.266 e. The van der Waals surface area contributed by atoms with E-state index >= 15 is 0 Å². The van der Waals surface area contributed by atoms with Gasteiger partial charge in [0.15, 0.2) is 3.77 Å². The summed E-state index contributed by atoms with van der Waals surface area (Å²) in [5.74, 6) is 0.0283. The van der Waals surface area contributed by atoms with Gasteiger partial charge in [0.25, 0.3) is 5.91 Å². The van der Waals surface area contributed by atoms with Crippen LogP contribution in [0.2, 0.25) is 0 Å². The van der Waals surface area contributed by atoms with E-state index in [2.05, 4.69) is 12.2 Å². The quantitative estimate of drug-likeness (QED) is 0.486. The Kier molecular flexibility index (Phi) is 5.17. The number of carbonyl (C=O) groups is 1. The number of amides is 1. The molecule has 4 nitrogen and oxygen atoms in total. The van der Waals surface area contributed by atoms with Gasteiger partial charge >= 0.3 is 0 Å². The van der Waals surface area contributed by atoms with Crippen LogP contribution in [0.4, 0.5) is 5.69 Å². The topological polar surface area (TPSA) is 66.0 Å². The molecule has 0 spiro atoms.